The number of hydrogen-bond acceptors (Lipinski definition) is 7. The maximum atomic E-state index is 13.5. The molecule has 0 saturated heterocycles. The fourth-order valence-electron chi connectivity index (χ4n) is 4.30. The Balaban J connectivity index is 1.45. The highest BCUT2D eigenvalue weighted by atomic mass is 16.5. The molecule has 0 fully saturated rings. The Bertz CT molecular complexity index is 1140. The molecule has 1 N–H and O–H groups in total. The first kappa shape index (κ1) is 24.5. The molecule has 0 saturated carbocycles. The Kier molecular flexibility index (Phi) is 7.82. The summed E-state index contributed by atoms with van der Waals surface area (Å²) in [5, 5.41) is 3.11. The molecule has 4 rings (SSSR count). The minimum absolute atomic E-state index is 0.0106. The third-order valence-electron chi connectivity index (χ3n) is 5.93. The number of hydrogen-bond donors (Lipinski definition) is 1. The maximum absolute atomic E-state index is 13.5. The summed E-state index contributed by atoms with van der Waals surface area (Å²) in [6.07, 6.45) is 1.60. The lowest BCUT2D eigenvalue weighted by atomic mass is 10.2. The number of amides is 1. The van der Waals surface area contributed by atoms with Crippen LogP contribution in [0.1, 0.15) is 29.8 Å². The summed E-state index contributed by atoms with van der Waals surface area (Å²) in [4.78, 5) is 28.4. The van der Waals surface area contributed by atoms with Crippen LogP contribution >= 0.6 is 0 Å². The van der Waals surface area contributed by atoms with Gasteiger partial charge in [0.05, 0.1) is 0 Å². The van der Waals surface area contributed by atoms with Gasteiger partial charge in [-0.3, -0.25) is 9.69 Å². The van der Waals surface area contributed by atoms with Gasteiger partial charge in [-0.15, -0.1) is 0 Å². The van der Waals surface area contributed by atoms with Crippen molar-refractivity contribution >= 4 is 23.4 Å². The van der Waals surface area contributed by atoms with Crippen LogP contribution in [0.15, 0.2) is 60.8 Å². The van der Waals surface area contributed by atoms with Crippen LogP contribution < -0.4 is 19.9 Å². The molecule has 1 unspecified atom stereocenters. The largest absolute Gasteiger partial charge is 0.489 e. The minimum Gasteiger partial charge on any atom is -0.489 e. The number of nitrogens with one attached hydrogen (secondary N) is 1. The lowest BCUT2D eigenvalue weighted by Crippen LogP contribution is -2.34. The molecule has 184 valence electrons. The number of anilines is 3. The Labute approximate surface area is 207 Å². The van der Waals surface area contributed by atoms with Gasteiger partial charge in [0.1, 0.15) is 23.2 Å². The van der Waals surface area contributed by atoms with E-state index < -0.39 is 0 Å². The second kappa shape index (κ2) is 11.2. The van der Waals surface area contributed by atoms with Crippen LogP contribution in [0.25, 0.3) is 0 Å². The third-order valence-corrected chi connectivity index (χ3v) is 5.93. The first-order valence-corrected chi connectivity index (χ1v) is 12.1. The Morgan fingerprint density at radius 3 is 2.71 bits per heavy atom. The molecule has 0 spiro atoms. The molecular formula is C27H34N6O2. The van der Waals surface area contributed by atoms with Crippen LogP contribution in [0, 0.1) is 0 Å². The lowest BCUT2D eigenvalue weighted by Gasteiger charge is -2.24. The predicted molar refractivity (Wildman–Crippen MR) is 140 cm³/mol. The maximum Gasteiger partial charge on any atom is 0.263 e. The van der Waals surface area contributed by atoms with E-state index in [0.717, 1.165) is 31.1 Å². The number of carbonyl (C=O) groups is 1. The van der Waals surface area contributed by atoms with Crippen molar-refractivity contribution in [1.82, 2.24) is 14.9 Å². The molecule has 1 aliphatic heterocycles. The van der Waals surface area contributed by atoms with Crippen LogP contribution in [0.2, 0.25) is 0 Å². The minimum atomic E-state index is -0.111. The van der Waals surface area contributed by atoms with Crippen molar-refractivity contribution in [3.63, 3.8) is 0 Å². The van der Waals surface area contributed by atoms with Crippen molar-refractivity contribution in [2.24, 2.45) is 0 Å². The van der Waals surface area contributed by atoms with Crippen molar-refractivity contribution in [3.05, 3.63) is 71.9 Å². The van der Waals surface area contributed by atoms with Gasteiger partial charge in [0.2, 0.25) is 5.95 Å². The SMILES string of the molecule is CCNc1ncc2c(n1)N(C)CCN(c1cccc(OC(C)CN(C)Cc3ccccc3)c1)C2=O. The van der Waals surface area contributed by atoms with E-state index in [-0.39, 0.29) is 12.0 Å². The van der Waals surface area contributed by atoms with E-state index in [1.54, 1.807) is 11.1 Å². The van der Waals surface area contributed by atoms with Gasteiger partial charge in [-0.05, 0) is 38.6 Å². The number of carbonyl (C=O) groups excluding carboxylic acids is 1. The van der Waals surface area contributed by atoms with Crippen LogP contribution in [0.4, 0.5) is 17.5 Å². The second-order valence-electron chi connectivity index (χ2n) is 8.95. The third kappa shape index (κ3) is 6.08. The van der Waals surface area contributed by atoms with Gasteiger partial charge in [0.15, 0.2) is 0 Å². The second-order valence-corrected chi connectivity index (χ2v) is 8.95. The van der Waals surface area contributed by atoms with Crippen LogP contribution in [-0.2, 0) is 6.54 Å². The average Bonchev–Trinajstić information content (AvgIpc) is 2.96. The predicted octanol–water partition coefficient (Wildman–Crippen LogP) is 3.90. The summed E-state index contributed by atoms with van der Waals surface area (Å²) < 4.78 is 6.23. The number of fused-ring (bicyclic) bond motifs is 1. The van der Waals surface area contributed by atoms with E-state index in [1.807, 2.05) is 49.2 Å². The Hall–Kier alpha value is -3.65. The summed E-state index contributed by atoms with van der Waals surface area (Å²) in [5.41, 5.74) is 2.57. The van der Waals surface area contributed by atoms with Gasteiger partial charge in [-0.2, -0.15) is 4.98 Å². The molecule has 0 aliphatic carbocycles. The van der Waals surface area contributed by atoms with Crippen molar-refractivity contribution in [1.29, 1.82) is 0 Å². The zero-order chi connectivity index (χ0) is 24.8. The zero-order valence-corrected chi connectivity index (χ0v) is 20.9. The van der Waals surface area contributed by atoms with Crippen molar-refractivity contribution in [3.8, 4) is 5.75 Å². The molecule has 2 aromatic carbocycles. The normalized spacial score (nSPS) is 14.5. The van der Waals surface area contributed by atoms with Crippen LogP contribution in [0.5, 0.6) is 5.75 Å². The van der Waals surface area contributed by atoms with E-state index in [4.69, 9.17) is 4.74 Å². The fourth-order valence-corrected chi connectivity index (χ4v) is 4.30. The highest BCUT2D eigenvalue weighted by Crippen LogP contribution is 2.28. The smallest absolute Gasteiger partial charge is 0.263 e. The Morgan fingerprint density at radius 1 is 1.14 bits per heavy atom. The quantitative estimate of drug-likeness (QED) is 0.504. The summed E-state index contributed by atoms with van der Waals surface area (Å²) in [7, 11) is 4.04. The lowest BCUT2D eigenvalue weighted by molar-refractivity contribution is 0.0989. The van der Waals surface area contributed by atoms with Crippen molar-refractivity contribution in [2.45, 2.75) is 26.5 Å². The molecule has 0 bridgehead atoms. The summed E-state index contributed by atoms with van der Waals surface area (Å²) >= 11 is 0. The summed E-state index contributed by atoms with van der Waals surface area (Å²) in [6.45, 7) is 7.62. The first-order valence-electron chi connectivity index (χ1n) is 12.1. The number of aromatic nitrogens is 2. The molecule has 8 heteroatoms. The summed E-state index contributed by atoms with van der Waals surface area (Å²) in [6, 6.07) is 18.1. The molecule has 2 heterocycles. The summed E-state index contributed by atoms with van der Waals surface area (Å²) in [5.74, 6) is 1.81. The standard InChI is InChI=1S/C27H34N6O2/c1-5-28-27-29-17-24-25(30-27)32(4)14-15-33(26(24)34)22-12-9-13-23(16-22)35-20(2)18-31(3)19-21-10-7-6-8-11-21/h6-13,16-17,20H,5,14-15,18-19H2,1-4H3,(H,28,29,30). The first-order chi connectivity index (χ1) is 16.9. The number of rotatable bonds is 9. The molecular weight excluding hydrogens is 440 g/mol. The van der Waals surface area contributed by atoms with Crippen molar-refractivity contribution in [2.75, 3.05) is 55.4 Å². The number of ether oxygens (including phenoxy) is 1. The topological polar surface area (TPSA) is 73.8 Å². The number of nitrogens with zero attached hydrogens (tertiary/aromatic N) is 5. The van der Waals surface area contributed by atoms with Crippen molar-refractivity contribution < 1.29 is 9.53 Å². The van der Waals surface area contributed by atoms with Gasteiger partial charge < -0.3 is 19.9 Å². The number of benzene rings is 2. The Morgan fingerprint density at radius 2 is 1.94 bits per heavy atom. The van der Waals surface area contributed by atoms with Gasteiger partial charge in [0.25, 0.3) is 5.91 Å². The van der Waals surface area contributed by atoms with E-state index in [9.17, 15) is 4.79 Å². The van der Waals surface area contributed by atoms with Gasteiger partial charge in [-0.1, -0.05) is 36.4 Å². The molecule has 1 atom stereocenters. The molecule has 3 aromatic rings. The average molecular weight is 475 g/mol. The van der Waals surface area contributed by atoms with Crippen LogP contribution in [0.3, 0.4) is 0 Å². The highest BCUT2D eigenvalue weighted by Gasteiger charge is 2.28. The zero-order valence-electron chi connectivity index (χ0n) is 20.9. The van der Waals surface area contributed by atoms with Crippen LogP contribution in [-0.4, -0.2) is 67.2 Å². The molecule has 0 radical (unpaired) electrons. The van der Waals surface area contributed by atoms with Gasteiger partial charge in [0, 0.05) is 57.7 Å². The molecule has 8 nitrogen and oxygen atoms in total. The van der Waals surface area contributed by atoms with Gasteiger partial charge >= 0.3 is 0 Å². The van der Waals surface area contributed by atoms with E-state index in [0.29, 0.717) is 30.4 Å². The molecule has 1 amide bonds. The molecule has 1 aromatic heterocycles. The van der Waals surface area contributed by atoms with E-state index in [1.165, 1.54) is 5.56 Å². The van der Waals surface area contributed by atoms with Gasteiger partial charge in [-0.25, -0.2) is 4.98 Å². The monoisotopic (exact) mass is 474 g/mol. The fraction of sp³-hybridized carbons (Fsp3) is 0.370. The highest BCUT2D eigenvalue weighted by molar-refractivity contribution is 6.09. The molecule has 35 heavy (non-hydrogen) atoms. The number of likely N-dealkylation sites (N-methyl/N-ethyl adjacent to an activating group) is 2. The van der Waals surface area contributed by atoms with E-state index in [2.05, 4.69) is 58.4 Å². The van der Waals surface area contributed by atoms with E-state index >= 15 is 0 Å². The molecule has 1 aliphatic rings.